The first-order chi connectivity index (χ1) is 8.79. The van der Waals surface area contributed by atoms with Crippen LogP contribution in [0.1, 0.15) is 12.8 Å². The van der Waals surface area contributed by atoms with Crippen molar-refractivity contribution in [2.24, 2.45) is 0 Å². The van der Waals surface area contributed by atoms with Crippen LogP contribution in [-0.4, -0.2) is 25.4 Å². The zero-order chi connectivity index (χ0) is 12.8. The summed E-state index contributed by atoms with van der Waals surface area (Å²) in [5.74, 6) is 1.73. The molecule has 1 atom stereocenters. The van der Waals surface area contributed by atoms with Crippen molar-refractivity contribution in [2.75, 3.05) is 19.4 Å². The van der Waals surface area contributed by atoms with Gasteiger partial charge in [-0.3, -0.25) is 0 Å². The van der Waals surface area contributed by atoms with E-state index in [9.17, 15) is 4.39 Å². The number of hydrogen-bond acceptors (Lipinski definition) is 3. The smallest absolute Gasteiger partial charge is 0.123 e. The van der Waals surface area contributed by atoms with Crippen LogP contribution in [0.15, 0.2) is 41.0 Å². The van der Waals surface area contributed by atoms with E-state index in [1.54, 1.807) is 11.8 Å². The second-order valence-corrected chi connectivity index (χ2v) is 5.30. The molecule has 0 amide bonds. The molecule has 0 bridgehead atoms. The Hall–Kier alpha value is -1.00. The molecule has 1 aromatic rings. The van der Waals surface area contributed by atoms with Crippen LogP contribution >= 0.6 is 11.8 Å². The molecule has 0 fully saturated rings. The molecule has 2 rings (SSSR count). The average molecular weight is 267 g/mol. The van der Waals surface area contributed by atoms with Gasteiger partial charge in [-0.15, -0.1) is 11.8 Å². The molecule has 0 aromatic heterocycles. The normalized spacial score (nSPS) is 16.9. The van der Waals surface area contributed by atoms with Crippen molar-refractivity contribution in [3.8, 4) is 0 Å². The maximum absolute atomic E-state index is 12.8. The summed E-state index contributed by atoms with van der Waals surface area (Å²) in [5.41, 5.74) is 0. The van der Waals surface area contributed by atoms with Gasteiger partial charge in [0.2, 0.25) is 0 Å². The Balaban J connectivity index is 1.90. The van der Waals surface area contributed by atoms with Crippen LogP contribution in [0.25, 0.3) is 0 Å². The lowest BCUT2D eigenvalue weighted by molar-refractivity contribution is 0.173. The van der Waals surface area contributed by atoms with Gasteiger partial charge in [0.25, 0.3) is 0 Å². The third-order valence-electron chi connectivity index (χ3n) is 2.88. The molecule has 98 valence electrons. The maximum Gasteiger partial charge on any atom is 0.123 e. The predicted molar refractivity (Wildman–Crippen MR) is 73.2 cm³/mol. The van der Waals surface area contributed by atoms with E-state index in [1.807, 2.05) is 19.2 Å². The lowest BCUT2D eigenvalue weighted by Gasteiger charge is -2.23. The number of halogens is 1. The van der Waals surface area contributed by atoms with Crippen LogP contribution < -0.4 is 5.32 Å². The summed E-state index contributed by atoms with van der Waals surface area (Å²) in [6.45, 7) is 0.811. The van der Waals surface area contributed by atoms with Crippen LogP contribution in [0.3, 0.4) is 0 Å². The molecule has 1 heterocycles. The van der Waals surface area contributed by atoms with Gasteiger partial charge in [0.1, 0.15) is 11.6 Å². The molecule has 1 aromatic carbocycles. The van der Waals surface area contributed by atoms with Gasteiger partial charge in [-0.05, 0) is 50.2 Å². The fourth-order valence-electron chi connectivity index (χ4n) is 1.84. The number of hydrogen-bond donors (Lipinski definition) is 1. The van der Waals surface area contributed by atoms with E-state index >= 15 is 0 Å². The Labute approximate surface area is 112 Å². The van der Waals surface area contributed by atoms with E-state index in [2.05, 4.69) is 11.4 Å². The first-order valence-corrected chi connectivity index (χ1v) is 7.16. The van der Waals surface area contributed by atoms with Gasteiger partial charge < -0.3 is 10.1 Å². The Morgan fingerprint density at radius 3 is 2.78 bits per heavy atom. The quantitative estimate of drug-likeness (QED) is 0.828. The number of allylic oxidation sites excluding steroid dienone is 1. The molecular formula is C14H18FNOS. The van der Waals surface area contributed by atoms with Crippen molar-refractivity contribution in [2.45, 2.75) is 23.8 Å². The van der Waals surface area contributed by atoms with Crippen molar-refractivity contribution < 1.29 is 9.13 Å². The zero-order valence-corrected chi connectivity index (χ0v) is 11.3. The molecule has 18 heavy (non-hydrogen) atoms. The van der Waals surface area contributed by atoms with Crippen molar-refractivity contribution in [3.05, 3.63) is 41.9 Å². The largest absolute Gasteiger partial charge is 0.497 e. The van der Waals surface area contributed by atoms with Crippen LogP contribution in [0.4, 0.5) is 4.39 Å². The van der Waals surface area contributed by atoms with Crippen LogP contribution in [0.5, 0.6) is 0 Å². The Morgan fingerprint density at radius 1 is 1.39 bits per heavy atom. The molecule has 1 aliphatic rings. The standard InChI is InChI=1S/C14H18FNOS/c1-16-13(14-4-2-3-9-17-14)10-18-12-7-5-11(15)6-8-12/h4-8,13,16H,2-3,9-10H2,1H3. The molecule has 2 nitrogen and oxygen atoms in total. The van der Waals surface area contributed by atoms with E-state index in [-0.39, 0.29) is 11.9 Å². The Bertz CT molecular complexity index is 405. The molecule has 1 N–H and O–H groups in total. The van der Waals surface area contributed by atoms with E-state index in [4.69, 9.17) is 4.74 Å². The van der Waals surface area contributed by atoms with E-state index in [0.29, 0.717) is 0 Å². The summed E-state index contributed by atoms with van der Waals surface area (Å²) >= 11 is 1.71. The summed E-state index contributed by atoms with van der Waals surface area (Å²) < 4.78 is 18.5. The Kier molecular flexibility index (Phi) is 5.08. The van der Waals surface area contributed by atoms with Crippen LogP contribution in [0, 0.1) is 5.82 Å². The van der Waals surface area contributed by atoms with Gasteiger partial charge in [-0.1, -0.05) is 0 Å². The number of likely N-dealkylation sites (N-methyl/N-ethyl adjacent to an activating group) is 1. The number of benzene rings is 1. The Morgan fingerprint density at radius 2 is 2.17 bits per heavy atom. The predicted octanol–water partition coefficient (Wildman–Crippen LogP) is 3.20. The third-order valence-corrected chi connectivity index (χ3v) is 3.99. The summed E-state index contributed by atoms with van der Waals surface area (Å²) in [5, 5.41) is 3.27. The summed E-state index contributed by atoms with van der Waals surface area (Å²) in [4.78, 5) is 1.08. The molecule has 0 spiro atoms. The zero-order valence-electron chi connectivity index (χ0n) is 10.5. The summed E-state index contributed by atoms with van der Waals surface area (Å²) in [6.07, 6.45) is 4.36. The molecule has 0 aliphatic carbocycles. The second-order valence-electron chi connectivity index (χ2n) is 4.20. The van der Waals surface area contributed by atoms with E-state index < -0.39 is 0 Å². The number of rotatable bonds is 5. The molecule has 0 saturated carbocycles. The fourth-order valence-corrected chi connectivity index (χ4v) is 2.86. The molecule has 1 aliphatic heterocycles. The van der Waals surface area contributed by atoms with E-state index in [1.165, 1.54) is 12.1 Å². The molecule has 1 unspecified atom stereocenters. The second kappa shape index (κ2) is 6.81. The topological polar surface area (TPSA) is 21.3 Å². The number of thioether (sulfide) groups is 1. The minimum atomic E-state index is -0.192. The average Bonchev–Trinajstić information content (AvgIpc) is 2.43. The highest BCUT2D eigenvalue weighted by molar-refractivity contribution is 7.99. The van der Waals surface area contributed by atoms with Crippen molar-refractivity contribution >= 4 is 11.8 Å². The first-order valence-electron chi connectivity index (χ1n) is 6.18. The summed E-state index contributed by atoms with van der Waals surface area (Å²) in [6, 6.07) is 6.83. The highest BCUT2D eigenvalue weighted by Crippen LogP contribution is 2.22. The third kappa shape index (κ3) is 3.75. The molecular weight excluding hydrogens is 249 g/mol. The first kappa shape index (κ1) is 13.4. The van der Waals surface area contributed by atoms with Crippen molar-refractivity contribution in [3.63, 3.8) is 0 Å². The highest BCUT2D eigenvalue weighted by Gasteiger charge is 2.16. The number of nitrogens with one attached hydrogen (secondary N) is 1. The maximum atomic E-state index is 12.8. The highest BCUT2D eigenvalue weighted by atomic mass is 32.2. The molecule has 4 heteroatoms. The lowest BCUT2D eigenvalue weighted by Crippen LogP contribution is -2.32. The van der Waals surface area contributed by atoms with Crippen molar-refractivity contribution in [1.29, 1.82) is 0 Å². The van der Waals surface area contributed by atoms with Crippen LogP contribution in [-0.2, 0) is 4.74 Å². The van der Waals surface area contributed by atoms with Gasteiger partial charge in [0, 0.05) is 10.6 Å². The van der Waals surface area contributed by atoms with Gasteiger partial charge in [-0.2, -0.15) is 0 Å². The van der Waals surface area contributed by atoms with Gasteiger partial charge in [0.05, 0.1) is 12.6 Å². The minimum Gasteiger partial charge on any atom is -0.497 e. The summed E-state index contributed by atoms with van der Waals surface area (Å²) in [7, 11) is 1.94. The fraction of sp³-hybridized carbons (Fsp3) is 0.429. The van der Waals surface area contributed by atoms with Gasteiger partial charge in [0.15, 0.2) is 0 Å². The molecule has 0 saturated heterocycles. The minimum absolute atomic E-state index is 0.192. The van der Waals surface area contributed by atoms with E-state index in [0.717, 1.165) is 35.9 Å². The lowest BCUT2D eigenvalue weighted by atomic mass is 10.2. The SMILES string of the molecule is CNC(CSc1ccc(F)cc1)C1=CCCCO1. The monoisotopic (exact) mass is 267 g/mol. The van der Waals surface area contributed by atoms with Gasteiger partial charge >= 0.3 is 0 Å². The number of ether oxygens (including phenoxy) is 1. The van der Waals surface area contributed by atoms with Crippen LogP contribution in [0.2, 0.25) is 0 Å². The van der Waals surface area contributed by atoms with Crippen molar-refractivity contribution in [1.82, 2.24) is 5.32 Å². The van der Waals surface area contributed by atoms with Gasteiger partial charge in [-0.25, -0.2) is 4.39 Å². The molecule has 0 radical (unpaired) electrons.